The molecule has 1 unspecified atom stereocenters. The molecule has 0 aromatic carbocycles. The third-order valence-electron chi connectivity index (χ3n) is 2.07. The van der Waals surface area contributed by atoms with Crippen LogP contribution < -0.4 is 5.32 Å². The average Bonchev–Trinajstić information content (AvgIpc) is 2.60. The van der Waals surface area contributed by atoms with Crippen molar-refractivity contribution in [1.82, 2.24) is 15.1 Å². The Balaban J connectivity index is 2.63. The number of nitrogens with one attached hydrogen (secondary N) is 1. The van der Waals surface area contributed by atoms with Crippen LogP contribution in [0.25, 0.3) is 0 Å². The van der Waals surface area contributed by atoms with E-state index in [9.17, 15) is 4.79 Å². The smallest absolute Gasteiger partial charge is 0.269 e. The third-order valence-corrected chi connectivity index (χ3v) is 2.85. The van der Waals surface area contributed by atoms with Crippen LogP contribution >= 0.6 is 15.9 Å². The molecular formula is C9H14BrN3O. The van der Waals surface area contributed by atoms with Gasteiger partial charge >= 0.3 is 0 Å². The first-order chi connectivity index (χ1) is 6.69. The topological polar surface area (TPSA) is 46.9 Å². The molecule has 1 aromatic rings. The van der Waals surface area contributed by atoms with Crippen molar-refractivity contribution in [2.24, 2.45) is 7.05 Å². The molecule has 0 saturated heterocycles. The molecule has 1 atom stereocenters. The van der Waals surface area contributed by atoms with E-state index in [-0.39, 0.29) is 11.9 Å². The van der Waals surface area contributed by atoms with E-state index in [0.29, 0.717) is 5.69 Å². The molecule has 1 aromatic heterocycles. The first kappa shape index (κ1) is 11.2. The largest absolute Gasteiger partial charge is 0.347 e. The quantitative estimate of drug-likeness (QED) is 0.830. The fourth-order valence-electron chi connectivity index (χ4n) is 1.11. The minimum atomic E-state index is -0.0729. The molecule has 5 heteroatoms. The van der Waals surface area contributed by atoms with E-state index in [1.807, 2.05) is 6.92 Å². The maximum Gasteiger partial charge on any atom is 0.269 e. The highest BCUT2D eigenvalue weighted by Crippen LogP contribution is 2.00. The Morgan fingerprint density at radius 2 is 2.50 bits per heavy atom. The monoisotopic (exact) mass is 259 g/mol. The predicted molar refractivity (Wildman–Crippen MR) is 58.5 cm³/mol. The van der Waals surface area contributed by atoms with Crippen LogP contribution in [0.2, 0.25) is 0 Å². The number of carbonyl (C=O) groups excluding carboxylic acids is 1. The lowest BCUT2D eigenvalue weighted by Gasteiger charge is -2.13. The molecule has 0 bridgehead atoms. The van der Waals surface area contributed by atoms with Crippen molar-refractivity contribution in [3.63, 3.8) is 0 Å². The van der Waals surface area contributed by atoms with Gasteiger partial charge in [0.05, 0.1) is 0 Å². The Kier molecular flexibility index (Phi) is 4.13. The lowest BCUT2D eigenvalue weighted by molar-refractivity contribution is 0.0930. The normalized spacial score (nSPS) is 12.5. The average molecular weight is 260 g/mol. The summed E-state index contributed by atoms with van der Waals surface area (Å²) in [6.07, 6.45) is 2.53. The second-order valence-corrected chi connectivity index (χ2v) is 3.72. The number of hydrogen-bond donors (Lipinski definition) is 1. The number of hydrogen-bond acceptors (Lipinski definition) is 2. The van der Waals surface area contributed by atoms with E-state index < -0.39 is 0 Å². The first-order valence-corrected chi connectivity index (χ1v) is 5.66. The molecule has 1 heterocycles. The number of carbonyl (C=O) groups is 1. The van der Waals surface area contributed by atoms with Gasteiger partial charge in [-0.15, -0.1) is 0 Å². The van der Waals surface area contributed by atoms with Gasteiger partial charge in [0.1, 0.15) is 5.69 Å². The Bertz CT molecular complexity index is 307. The van der Waals surface area contributed by atoms with Crippen LogP contribution in [0.4, 0.5) is 0 Å². The van der Waals surface area contributed by atoms with E-state index in [4.69, 9.17) is 0 Å². The highest BCUT2D eigenvalue weighted by molar-refractivity contribution is 9.09. The molecule has 0 saturated carbocycles. The minimum Gasteiger partial charge on any atom is -0.347 e. The van der Waals surface area contributed by atoms with E-state index >= 15 is 0 Å². The molecule has 4 nitrogen and oxygen atoms in total. The molecular weight excluding hydrogens is 246 g/mol. The molecule has 1 rings (SSSR count). The van der Waals surface area contributed by atoms with E-state index in [0.717, 1.165) is 11.8 Å². The fourth-order valence-corrected chi connectivity index (χ4v) is 1.73. The van der Waals surface area contributed by atoms with Gasteiger partial charge in [-0.25, -0.2) is 0 Å². The zero-order valence-corrected chi connectivity index (χ0v) is 9.91. The molecule has 1 amide bonds. The highest BCUT2D eigenvalue weighted by Gasteiger charge is 2.13. The lowest BCUT2D eigenvalue weighted by Crippen LogP contribution is -2.36. The van der Waals surface area contributed by atoms with Crippen molar-refractivity contribution in [3.8, 4) is 0 Å². The molecule has 0 radical (unpaired) electrons. The maximum atomic E-state index is 11.7. The van der Waals surface area contributed by atoms with Crippen LogP contribution in [-0.4, -0.2) is 27.1 Å². The second kappa shape index (κ2) is 5.14. The van der Waals surface area contributed by atoms with Gasteiger partial charge in [0, 0.05) is 24.6 Å². The number of alkyl halides is 1. The molecule has 14 heavy (non-hydrogen) atoms. The van der Waals surface area contributed by atoms with Gasteiger partial charge in [-0.1, -0.05) is 22.9 Å². The Hall–Kier alpha value is -0.840. The summed E-state index contributed by atoms with van der Waals surface area (Å²) in [7, 11) is 1.75. The second-order valence-electron chi connectivity index (χ2n) is 3.07. The molecule has 0 aliphatic carbocycles. The Morgan fingerprint density at radius 3 is 2.93 bits per heavy atom. The van der Waals surface area contributed by atoms with E-state index in [2.05, 4.69) is 26.3 Å². The van der Waals surface area contributed by atoms with Gasteiger partial charge in [0.15, 0.2) is 0 Å². The number of amides is 1. The number of aromatic nitrogens is 2. The maximum absolute atomic E-state index is 11.7. The van der Waals surface area contributed by atoms with Gasteiger partial charge < -0.3 is 5.32 Å². The Labute approximate surface area is 91.8 Å². The molecule has 1 N–H and O–H groups in total. The first-order valence-electron chi connectivity index (χ1n) is 4.53. The molecule has 0 aliphatic rings. The summed E-state index contributed by atoms with van der Waals surface area (Å²) in [5, 5.41) is 7.62. The third kappa shape index (κ3) is 2.57. The molecule has 0 aliphatic heterocycles. The number of aryl methyl sites for hydroxylation is 1. The van der Waals surface area contributed by atoms with Crippen LogP contribution in [0.3, 0.4) is 0 Å². The summed E-state index contributed by atoms with van der Waals surface area (Å²) in [6, 6.07) is 1.88. The lowest BCUT2D eigenvalue weighted by atomic mass is 10.2. The zero-order chi connectivity index (χ0) is 10.6. The van der Waals surface area contributed by atoms with E-state index in [1.165, 1.54) is 0 Å². The SMILES string of the molecule is CCC(CBr)NC(=O)c1ccnn1C. The summed E-state index contributed by atoms with van der Waals surface area (Å²) in [5.74, 6) is -0.0729. The predicted octanol–water partition coefficient (Wildman–Crippen LogP) is 1.32. The van der Waals surface area contributed by atoms with Gasteiger partial charge in [-0.2, -0.15) is 5.10 Å². The van der Waals surface area contributed by atoms with Gasteiger partial charge in [-0.05, 0) is 12.5 Å². The van der Waals surface area contributed by atoms with Crippen molar-refractivity contribution >= 4 is 21.8 Å². The number of nitrogens with zero attached hydrogens (tertiary/aromatic N) is 2. The van der Waals surface area contributed by atoms with Crippen molar-refractivity contribution in [2.75, 3.05) is 5.33 Å². The summed E-state index contributed by atoms with van der Waals surface area (Å²) in [4.78, 5) is 11.7. The zero-order valence-electron chi connectivity index (χ0n) is 8.33. The highest BCUT2D eigenvalue weighted by atomic mass is 79.9. The van der Waals surface area contributed by atoms with Crippen LogP contribution in [0.1, 0.15) is 23.8 Å². The standard InChI is InChI=1S/C9H14BrN3O/c1-3-7(6-10)12-9(14)8-4-5-11-13(8)2/h4-5,7H,3,6H2,1-2H3,(H,12,14). The van der Waals surface area contributed by atoms with Gasteiger partial charge in [0.25, 0.3) is 5.91 Å². The minimum absolute atomic E-state index is 0.0729. The van der Waals surface area contributed by atoms with Crippen LogP contribution in [0.5, 0.6) is 0 Å². The molecule has 0 fully saturated rings. The summed E-state index contributed by atoms with van der Waals surface area (Å²) >= 11 is 3.35. The summed E-state index contributed by atoms with van der Waals surface area (Å²) in [5.41, 5.74) is 0.587. The summed E-state index contributed by atoms with van der Waals surface area (Å²) < 4.78 is 1.57. The van der Waals surface area contributed by atoms with Crippen LogP contribution in [0, 0.1) is 0 Å². The van der Waals surface area contributed by atoms with E-state index in [1.54, 1.807) is 24.0 Å². The van der Waals surface area contributed by atoms with Crippen molar-refractivity contribution < 1.29 is 4.79 Å². The molecule has 78 valence electrons. The fraction of sp³-hybridized carbons (Fsp3) is 0.556. The van der Waals surface area contributed by atoms with Crippen molar-refractivity contribution in [1.29, 1.82) is 0 Å². The number of rotatable bonds is 4. The van der Waals surface area contributed by atoms with Crippen molar-refractivity contribution in [3.05, 3.63) is 18.0 Å². The number of halogens is 1. The Morgan fingerprint density at radius 1 is 1.79 bits per heavy atom. The van der Waals surface area contributed by atoms with Crippen LogP contribution in [-0.2, 0) is 7.05 Å². The van der Waals surface area contributed by atoms with Crippen molar-refractivity contribution in [2.45, 2.75) is 19.4 Å². The molecule has 0 spiro atoms. The van der Waals surface area contributed by atoms with Gasteiger partial charge in [-0.3, -0.25) is 9.48 Å². The van der Waals surface area contributed by atoms with Gasteiger partial charge in [0.2, 0.25) is 0 Å². The van der Waals surface area contributed by atoms with Crippen LogP contribution in [0.15, 0.2) is 12.3 Å². The summed E-state index contributed by atoms with van der Waals surface area (Å²) in [6.45, 7) is 2.04.